The summed E-state index contributed by atoms with van der Waals surface area (Å²) in [6.07, 6.45) is 6.96. The molecule has 2 nitrogen and oxygen atoms in total. The number of hydrogen-bond acceptors (Lipinski definition) is 2. The average molecular weight is 212 g/mol. The zero-order chi connectivity index (χ0) is 11.3. The van der Waals surface area contributed by atoms with Gasteiger partial charge in [0.25, 0.3) is 0 Å². The van der Waals surface area contributed by atoms with E-state index in [1.165, 1.54) is 19.3 Å². The summed E-state index contributed by atoms with van der Waals surface area (Å²) in [7, 11) is 0. The predicted octanol–water partition coefficient (Wildman–Crippen LogP) is 3.54. The molecule has 2 heteroatoms. The average Bonchev–Trinajstić information content (AvgIpc) is 2.21. The fourth-order valence-electron chi connectivity index (χ4n) is 2.27. The minimum atomic E-state index is 0.00981. The topological polar surface area (TPSA) is 26.3 Å². The third-order valence-corrected chi connectivity index (χ3v) is 3.42. The van der Waals surface area contributed by atoms with Crippen LogP contribution in [0.15, 0.2) is 0 Å². The molecule has 15 heavy (non-hydrogen) atoms. The van der Waals surface area contributed by atoms with Crippen LogP contribution in [0.5, 0.6) is 0 Å². The van der Waals surface area contributed by atoms with Crippen molar-refractivity contribution in [3.8, 4) is 0 Å². The van der Waals surface area contributed by atoms with Gasteiger partial charge in [-0.1, -0.05) is 33.6 Å². The molecule has 0 bridgehead atoms. The maximum Gasteiger partial charge on any atom is 0.308 e. The Hall–Kier alpha value is -0.530. The molecule has 1 saturated carbocycles. The lowest BCUT2D eigenvalue weighted by Gasteiger charge is -2.29. The molecule has 1 fully saturated rings. The first-order chi connectivity index (χ1) is 7.15. The van der Waals surface area contributed by atoms with Gasteiger partial charge in [-0.15, -0.1) is 0 Å². The smallest absolute Gasteiger partial charge is 0.308 e. The molecule has 0 amide bonds. The van der Waals surface area contributed by atoms with Crippen LogP contribution in [-0.4, -0.2) is 12.1 Å². The van der Waals surface area contributed by atoms with E-state index in [0.29, 0.717) is 5.92 Å². The second-order valence-electron chi connectivity index (χ2n) is 4.93. The summed E-state index contributed by atoms with van der Waals surface area (Å²) < 4.78 is 5.58. The second kappa shape index (κ2) is 6.14. The summed E-state index contributed by atoms with van der Waals surface area (Å²) in [5.41, 5.74) is 0. The standard InChI is InChI=1S/C13H24O2/c1-4-7-11(3)13(14)15-12-9-6-5-8-10(12)2/h10-12H,4-9H2,1-3H3/t10-,11+,12-/m0/s1. The Bertz CT molecular complexity index is 201. The van der Waals surface area contributed by atoms with E-state index in [4.69, 9.17) is 4.74 Å². The van der Waals surface area contributed by atoms with Gasteiger partial charge >= 0.3 is 5.97 Å². The van der Waals surface area contributed by atoms with Crippen LogP contribution >= 0.6 is 0 Å². The van der Waals surface area contributed by atoms with Crippen LogP contribution in [0.4, 0.5) is 0 Å². The van der Waals surface area contributed by atoms with Crippen LogP contribution in [0.3, 0.4) is 0 Å². The van der Waals surface area contributed by atoms with Crippen LogP contribution in [0.25, 0.3) is 0 Å². The molecule has 0 aromatic carbocycles. The molecular weight excluding hydrogens is 188 g/mol. The third kappa shape index (κ3) is 3.84. The Kier molecular flexibility index (Phi) is 5.13. The quantitative estimate of drug-likeness (QED) is 0.666. The van der Waals surface area contributed by atoms with Crippen LogP contribution in [0.1, 0.15) is 59.3 Å². The van der Waals surface area contributed by atoms with E-state index in [0.717, 1.165) is 19.3 Å². The molecular formula is C13H24O2. The van der Waals surface area contributed by atoms with Gasteiger partial charge in [-0.2, -0.15) is 0 Å². The predicted molar refractivity (Wildman–Crippen MR) is 61.6 cm³/mol. The second-order valence-corrected chi connectivity index (χ2v) is 4.93. The van der Waals surface area contributed by atoms with Gasteiger partial charge in [0.1, 0.15) is 6.10 Å². The van der Waals surface area contributed by atoms with Crippen molar-refractivity contribution in [3.63, 3.8) is 0 Å². The van der Waals surface area contributed by atoms with Crippen molar-refractivity contribution in [2.45, 2.75) is 65.4 Å². The van der Waals surface area contributed by atoms with Crippen molar-refractivity contribution in [1.29, 1.82) is 0 Å². The van der Waals surface area contributed by atoms with Crippen molar-refractivity contribution in [2.75, 3.05) is 0 Å². The maximum absolute atomic E-state index is 11.7. The fraction of sp³-hybridized carbons (Fsp3) is 0.923. The molecule has 0 N–H and O–H groups in total. The van der Waals surface area contributed by atoms with Crippen LogP contribution in [0, 0.1) is 11.8 Å². The van der Waals surface area contributed by atoms with E-state index < -0.39 is 0 Å². The highest BCUT2D eigenvalue weighted by Crippen LogP contribution is 2.27. The first-order valence-corrected chi connectivity index (χ1v) is 6.35. The van der Waals surface area contributed by atoms with Crippen LogP contribution in [-0.2, 0) is 9.53 Å². The highest BCUT2D eigenvalue weighted by molar-refractivity contribution is 5.72. The van der Waals surface area contributed by atoms with Gasteiger partial charge in [-0.25, -0.2) is 0 Å². The number of rotatable bonds is 4. The molecule has 1 aliphatic carbocycles. The fourth-order valence-corrected chi connectivity index (χ4v) is 2.27. The maximum atomic E-state index is 11.7. The van der Waals surface area contributed by atoms with Gasteiger partial charge in [0.15, 0.2) is 0 Å². The molecule has 0 saturated heterocycles. The van der Waals surface area contributed by atoms with E-state index in [2.05, 4.69) is 13.8 Å². The molecule has 0 aromatic heterocycles. The summed E-state index contributed by atoms with van der Waals surface area (Å²) in [6, 6.07) is 0. The van der Waals surface area contributed by atoms with E-state index in [1.54, 1.807) is 0 Å². The van der Waals surface area contributed by atoms with Gasteiger partial charge in [-0.05, 0) is 31.6 Å². The van der Waals surface area contributed by atoms with E-state index in [-0.39, 0.29) is 18.0 Å². The van der Waals surface area contributed by atoms with Crippen molar-refractivity contribution >= 4 is 5.97 Å². The molecule has 0 unspecified atom stereocenters. The van der Waals surface area contributed by atoms with Gasteiger partial charge in [0.05, 0.1) is 5.92 Å². The van der Waals surface area contributed by atoms with E-state index in [1.807, 2.05) is 6.92 Å². The monoisotopic (exact) mass is 212 g/mol. The third-order valence-electron chi connectivity index (χ3n) is 3.42. The van der Waals surface area contributed by atoms with Crippen LogP contribution < -0.4 is 0 Å². The Morgan fingerprint density at radius 3 is 2.67 bits per heavy atom. The summed E-state index contributed by atoms with van der Waals surface area (Å²) in [4.78, 5) is 11.7. The van der Waals surface area contributed by atoms with Crippen molar-refractivity contribution in [3.05, 3.63) is 0 Å². The SMILES string of the molecule is CCC[C@@H](C)C(=O)O[C@H]1CCCC[C@@H]1C. The van der Waals surface area contributed by atoms with E-state index in [9.17, 15) is 4.79 Å². The molecule has 0 spiro atoms. The van der Waals surface area contributed by atoms with Crippen molar-refractivity contribution < 1.29 is 9.53 Å². The Balaban J connectivity index is 2.35. The molecule has 0 aromatic rings. The number of esters is 1. The first kappa shape index (κ1) is 12.5. The lowest BCUT2D eigenvalue weighted by atomic mass is 9.88. The Morgan fingerprint density at radius 2 is 2.07 bits per heavy atom. The van der Waals surface area contributed by atoms with Crippen molar-refractivity contribution in [2.24, 2.45) is 11.8 Å². The highest BCUT2D eigenvalue weighted by Gasteiger charge is 2.26. The summed E-state index contributed by atoms with van der Waals surface area (Å²) in [5.74, 6) is 0.635. The number of hydrogen-bond donors (Lipinski definition) is 0. The molecule has 3 atom stereocenters. The van der Waals surface area contributed by atoms with Gasteiger partial charge < -0.3 is 4.74 Å². The molecule has 0 radical (unpaired) electrons. The van der Waals surface area contributed by atoms with Gasteiger partial charge in [0.2, 0.25) is 0 Å². The largest absolute Gasteiger partial charge is 0.462 e. The molecule has 1 aliphatic rings. The van der Waals surface area contributed by atoms with E-state index >= 15 is 0 Å². The minimum Gasteiger partial charge on any atom is -0.462 e. The minimum absolute atomic E-state index is 0.00981. The molecule has 0 heterocycles. The van der Waals surface area contributed by atoms with Gasteiger partial charge in [0, 0.05) is 0 Å². The highest BCUT2D eigenvalue weighted by atomic mass is 16.5. The Morgan fingerprint density at radius 1 is 1.40 bits per heavy atom. The Labute approximate surface area is 93.4 Å². The summed E-state index contributed by atoms with van der Waals surface area (Å²) in [5, 5.41) is 0. The molecule has 88 valence electrons. The lowest BCUT2D eigenvalue weighted by Crippen LogP contribution is -2.30. The summed E-state index contributed by atoms with van der Waals surface area (Å²) in [6.45, 7) is 6.27. The number of ether oxygens (including phenoxy) is 1. The molecule has 0 aliphatic heterocycles. The first-order valence-electron chi connectivity index (χ1n) is 6.35. The zero-order valence-corrected chi connectivity index (χ0v) is 10.3. The van der Waals surface area contributed by atoms with Crippen molar-refractivity contribution in [1.82, 2.24) is 0 Å². The zero-order valence-electron chi connectivity index (χ0n) is 10.3. The normalized spacial score (nSPS) is 28.5. The molecule has 1 rings (SSSR count). The number of carbonyl (C=O) groups excluding carboxylic acids is 1. The summed E-state index contributed by atoms with van der Waals surface area (Å²) >= 11 is 0. The van der Waals surface area contributed by atoms with Crippen LogP contribution in [0.2, 0.25) is 0 Å². The lowest BCUT2D eigenvalue weighted by molar-refractivity contribution is -0.157. The van der Waals surface area contributed by atoms with Gasteiger partial charge in [-0.3, -0.25) is 4.79 Å². The number of carbonyl (C=O) groups is 1.